The number of hydrogen-bond donors (Lipinski definition) is 1. The predicted molar refractivity (Wildman–Crippen MR) is 80.7 cm³/mol. The first-order chi connectivity index (χ1) is 10.3. The highest BCUT2D eigenvalue weighted by atomic mass is 32.2. The van der Waals surface area contributed by atoms with Crippen molar-refractivity contribution in [2.45, 2.75) is 18.1 Å². The molecule has 0 spiro atoms. The van der Waals surface area contributed by atoms with Crippen LogP contribution in [0.5, 0.6) is 11.5 Å². The highest BCUT2D eigenvalue weighted by Gasteiger charge is 2.18. The van der Waals surface area contributed by atoms with Crippen molar-refractivity contribution in [3.63, 3.8) is 0 Å². The molecule has 1 aliphatic heterocycles. The quantitative estimate of drug-likeness (QED) is 0.824. The number of fused-ring (bicyclic) bond motifs is 1. The highest BCUT2D eigenvalue weighted by molar-refractivity contribution is 7.99. The van der Waals surface area contributed by atoms with Gasteiger partial charge in [-0.3, -0.25) is 0 Å². The zero-order valence-corrected chi connectivity index (χ0v) is 12.9. The summed E-state index contributed by atoms with van der Waals surface area (Å²) in [7, 11) is 1.90. The van der Waals surface area contributed by atoms with Gasteiger partial charge >= 0.3 is 0 Å². The summed E-state index contributed by atoms with van der Waals surface area (Å²) in [5.74, 6) is 2.51. The van der Waals surface area contributed by atoms with Crippen LogP contribution in [-0.4, -0.2) is 33.9 Å². The normalized spacial score (nSPS) is 14.4. The van der Waals surface area contributed by atoms with Gasteiger partial charge in [-0.05, 0) is 24.2 Å². The van der Waals surface area contributed by atoms with Gasteiger partial charge in [0.25, 0.3) is 0 Å². The van der Waals surface area contributed by atoms with Gasteiger partial charge in [-0.15, -0.1) is 0 Å². The van der Waals surface area contributed by atoms with Crippen molar-refractivity contribution in [2.75, 3.05) is 19.1 Å². The van der Waals surface area contributed by atoms with Gasteiger partial charge in [0.15, 0.2) is 16.7 Å². The van der Waals surface area contributed by atoms with Crippen molar-refractivity contribution in [1.29, 1.82) is 0 Å². The van der Waals surface area contributed by atoms with Crippen molar-refractivity contribution in [3.05, 3.63) is 30.1 Å². The molecule has 0 fully saturated rings. The van der Waals surface area contributed by atoms with Crippen LogP contribution < -0.4 is 14.8 Å². The van der Waals surface area contributed by atoms with Crippen molar-refractivity contribution >= 4 is 11.8 Å². The van der Waals surface area contributed by atoms with Crippen LogP contribution in [0.3, 0.4) is 0 Å². The van der Waals surface area contributed by atoms with E-state index in [0.717, 1.165) is 29.0 Å². The summed E-state index contributed by atoms with van der Waals surface area (Å²) in [6.45, 7) is 3.31. The molecule has 1 atom stereocenters. The second kappa shape index (κ2) is 6.36. The minimum Gasteiger partial charge on any atom is -0.454 e. The first kappa shape index (κ1) is 14.2. The molecule has 2 heterocycles. The van der Waals surface area contributed by atoms with E-state index in [0.29, 0.717) is 6.79 Å². The minimum atomic E-state index is 0.228. The predicted octanol–water partition coefficient (Wildman–Crippen LogP) is 1.99. The zero-order valence-electron chi connectivity index (χ0n) is 12.1. The average Bonchev–Trinajstić information content (AvgIpc) is 3.11. The molecular weight excluding hydrogens is 288 g/mol. The molecule has 21 heavy (non-hydrogen) atoms. The lowest BCUT2D eigenvalue weighted by atomic mass is 10.1. The van der Waals surface area contributed by atoms with Crippen molar-refractivity contribution in [3.8, 4) is 11.5 Å². The van der Waals surface area contributed by atoms with Gasteiger partial charge in [-0.1, -0.05) is 24.8 Å². The standard InChI is InChI=1S/C14H18N4O2S/c1-3-15-11(7-21-14-16-8-17-18(14)2)10-4-5-12-13(6-10)20-9-19-12/h4-6,8,11,15H,3,7,9H2,1-2H3. The molecule has 0 bridgehead atoms. The maximum Gasteiger partial charge on any atom is 0.231 e. The number of benzene rings is 1. The SMILES string of the molecule is CCNC(CSc1ncnn1C)c1ccc2c(c1)OCO2. The number of thioether (sulfide) groups is 1. The van der Waals surface area contributed by atoms with Crippen LogP contribution in [0.1, 0.15) is 18.5 Å². The smallest absolute Gasteiger partial charge is 0.231 e. The Morgan fingerprint density at radius 1 is 1.38 bits per heavy atom. The molecule has 1 aromatic carbocycles. The van der Waals surface area contributed by atoms with Crippen molar-refractivity contribution in [1.82, 2.24) is 20.1 Å². The van der Waals surface area contributed by atoms with E-state index in [2.05, 4.69) is 28.4 Å². The Morgan fingerprint density at radius 3 is 3.00 bits per heavy atom. The molecule has 0 radical (unpaired) electrons. The van der Waals surface area contributed by atoms with Gasteiger partial charge in [0.05, 0.1) is 0 Å². The second-order valence-electron chi connectivity index (χ2n) is 4.70. The molecule has 1 N–H and O–H groups in total. The number of aromatic nitrogens is 3. The van der Waals surface area contributed by atoms with Crippen LogP contribution >= 0.6 is 11.8 Å². The van der Waals surface area contributed by atoms with Gasteiger partial charge < -0.3 is 14.8 Å². The maximum absolute atomic E-state index is 5.45. The summed E-state index contributed by atoms with van der Waals surface area (Å²) in [6.07, 6.45) is 1.57. The van der Waals surface area contributed by atoms with Gasteiger partial charge in [-0.25, -0.2) is 9.67 Å². The first-order valence-corrected chi connectivity index (χ1v) is 7.86. The summed E-state index contributed by atoms with van der Waals surface area (Å²) in [4.78, 5) is 4.24. The maximum atomic E-state index is 5.45. The van der Waals surface area contributed by atoms with Crippen LogP contribution in [0, 0.1) is 0 Å². The Balaban J connectivity index is 1.73. The van der Waals surface area contributed by atoms with Gasteiger partial charge in [-0.2, -0.15) is 5.10 Å². The molecule has 0 aliphatic carbocycles. The lowest BCUT2D eigenvalue weighted by Crippen LogP contribution is -2.23. The van der Waals surface area contributed by atoms with E-state index in [9.17, 15) is 0 Å². The topological polar surface area (TPSA) is 61.2 Å². The number of hydrogen-bond acceptors (Lipinski definition) is 6. The number of aryl methyl sites for hydroxylation is 1. The summed E-state index contributed by atoms with van der Waals surface area (Å²) in [6, 6.07) is 6.33. The van der Waals surface area contributed by atoms with Gasteiger partial charge in [0, 0.05) is 18.8 Å². The highest BCUT2D eigenvalue weighted by Crippen LogP contribution is 2.35. The Hall–Kier alpha value is -1.73. The third kappa shape index (κ3) is 3.14. The minimum absolute atomic E-state index is 0.228. The van der Waals surface area contributed by atoms with Gasteiger partial charge in [0.2, 0.25) is 6.79 Å². The van der Waals surface area contributed by atoms with E-state index in [4.69, 9.17) is 9.47 Å². The molecule has 6 nitrogen and oxygen atoms in total. The van der Waals surface area contributed by atoms with Crippen LogP contribution in [0.25, 0.3) is 0 Å². The van der Waals surface area contributed by atoms with E-state index >= 15 is 0 Å². The second-order valence-corrected chi connectivity index (χ2v) is 5.69. The van der Waals surface area contributed by atoms with Crippen LogP contribution in [0.15, 0.2) is 29.7 Å². The lowest BCUT2D eigenvalue weighted by molar-refractivity contribution is 0.174. The summed E-state index contributed by atoms with van der Waals surface area (Å²) >= 11 is 1.68. The molecule has 1 aliphatic rings. The van der Waals surface area contributed by atoms with Crippen LogP contribution in [0.4, 0.5) is 0 Å². The number of ether oxygens (including phenoxy) is 2. The molecule has 1 aromatic heterocycles. The summed E-state index contributed by atoms with van der Waals surface area (Å²) in [5.41, 5.74) is 1.19. The Morgan fingerprint density at radius 2 is 2.24 bits per heavy atom. The Labute approximate surface area is 127 Å². The first-order valence-electron chi connectivity index (χ1n) is 6.87. The van der Waals surface area contributed by atoms with Crippen molar-refractivity contribution < 1.29 is 9.47 Å². The molecule has 2 aromatic rings. The average molecular weight is 306 g/mol. The molecule has 0 saturated heterocycles. The Kier molecular flexibility index (Phi) is 4.31. The van der Waals surface area contributed by atoms with E-state index in [-0.39, 0.29) is 6.04 Å². The van der Waals surface area contributed by atoms with E-state index in [1.807, 2.05) is 19.2 Å². The van der Waals surface area contributed by atoms with E-state index in [1.54, 1.807) is 22.8 Å². The fourth-order valence-electron chi connectivity index (χ4n) is 2.22. The number of nitrogens with one attached hydrogen (secondary N) is 1. The van der Waals surface area contributed by atoms with Crippen LogP contribution in [0.2, 0.25) is 0 Å². The molecule has 1 unspecified atom stereocenters. The molecule has 7 heteroatoms. The third-order valence-corrected chi connectivity index (χ3v) is 4.43. The van der Waals surface area contributed by atoms with E-state index in [1.165, 1.54) is 5.56 Å². The molecule has 3 rings (SSSR count). The van der Waals surface area contributed by atoms with Crippen molar-refractivity contribution in [2.24, 2.45) is 7.05 Å². The molecule has 112 valence electrons. The molecule has 0 amide bonds. The summed E-state index contributed by atoms with van der Waals surface area (Å²) < 4.78 is 12.6. The zero-order chi connectivity index (χ0) is 14.7. The number of nitrogens with zero attached hydrogens (tertiary/aromatic N) is 3. The number of rotatable bonds is 6. The fraction of sp³-hybridized carbons (Fsp3) is 0.429. The largest absolute Gasteiger partial charge is 0.454 e. The van der Waals surface area contributed by atoms with Crippen LogP contribution in [-0.2, 0) is 7.05 Å². The fourth-order valence-corrected chi connectivity index (χ4v) is 3.21. The van der Waals surface area contributed by atoms with E-state index < -0.39 is 0 Å². The van der Waals surface area contributed by atoms with Gasteiger partial charge in [0.1, 0.15) is 6.33 Å². The Bertz CT molecular complexity index is 617. The molecular formula is C14H18N4O2S. The third-order valence-electron chi connectivity index (χ3n) is 3.30. The molecule has 0 saturated carbocycles. The summed E-state index contributed by atoms with van der Waals surface area (Å²) in [5, 5.41) is 8.50. The lowest BCUT2D eigenvalue weighted by Gasteiger charge is -2.18. The monoisotopic (exact) mass is 306 g/mol.